The van der Waals surface area contributed by atoms with E-state index in [1.807, 2.05) is 0 Å². The molecule has 1 heterocycles. The Balaban J connectivity index is 2.13. The van der Waals surface area contributed by atoms with E-state index in [2.05, 4.69) is 29.0 Å². The van der Waals surface area contributed by atoms with Crippen LogP contribution in [0.15, 0.2) is 0 Å². The van der Waals surface area contributed by atoms with Crippen LogP contribution in [0, 0.1) is 5.92 Å². The number of nitrogens with one attached hydrogen (secondary N) is 1. The molecule has 1 aliphatic carbocycles. The van der Waals surface area contributed by atoms with Gasteiger partial charge in [-0.05, 0) is 18.8 Å². The van der Waals surface area contributed by atoms with Crippen LogP contribution in [0.25, 0.3) is 0 Å². The monoisotopic (exact) mass is 194 g/mol. The fourth-order valence-electron chi connectivity index (χ4n) is 1.67. The Kier molecular flexibility index (Phi) is 2.54. The molecule has 4 heteroatoms. The van der Waals surface area contributed by atoms with Gasteiger partial charge in [0.2, 0.25) is 0 Å². The van der Waals surface area contributed by atoms with Crippen LogP contribution in [0.2, 0.25) is 0 Å². The fraction of sp³-hybridized carbons (Fsp3) is 0.800. The van der Waals surface area contributed by atoms with Gasteiger partial charge in [-0.2, -0.15) is 5.10 Å². The lowest BCUT2D eigenvalue weighted by atomic mass is 9.95. The van der Waals surface area contributed by atoms with E-state index in [0.29, 0.717) is 24.3 Å². The second-order valence-electron chi connectivity index (χ2n) is 4.44. The minimum Gasteiger partial charge on any atom is -0.330 e. The summed E-state index contributed by atoms with van der Waals surface area (Å²) < 4.78 is 0. The first-order chi connectivity index (χ1) is 6.72. The van der Waals surface area contributed by atoms with Crippen molar-refractivity contribution in [1.82, 2.24) is 15.2 Å². The molecule has 0 aliphatic heterocycles. The van der Waals surface area contributed by atoms with Crippen molar-refractivity contribution in [2.45, 2.75) is 38.5 Å². The largest absolute Gasteiger partial charge is 0.330 e. The normalized spacial score (nSPS) is 18.9. The van der Waals surface area contributed by atoms with Crippen molar-refractivity contribution in [2.24, 2.45) is 11.7 Å². The highest BCUT2D eigenvalue weighted by molar-refractivity contribution is 5.08. The molecule has 78 valence electrons. The Labute approximate surface area is 84.3 Å². The maximum absolute atomic E-state index is 5.71. The molecule has 1 aromatic heterocycles. The van der Waals surface area contributed by atoms with Crippen LogP contribution in [-0.2, 0) is 0 Å². The molecule has 3 N–H and O–H groups in total. The molecule has 1 fully saturated rings. The Morgan fingerprint density at radius 1 is 1.50 bits per heavy atom. The first-order valence-corrected chi connectivity index (χ1v) is 5.34. The van der Waals surface area contributed by atoms with Crippen LogP contribution in [0.3, 0.4) is 0 Å². The van der Waals surface area contributed by atoms with Crippen molar-refractivity contribution in [1.29, 1.82) is 0 Å². The first kappa shape index (κ1) is 9.65. The number of aromatic nitrogens is 3. The molecule has 14 heavy (non-hydrogen) atoms. The van der Waals surface area contributed by atoms with Crippen LogP contribution in [0.4, 0.5) is 0 Å². The van der Waals surface area contributed by atoms with E-state index < -0.39 is 0 Å². The standard InChI is InChI=1S/C10H18N4/c1-6(2)8(5-11)10-12-9(13-14-10)7-3-4-7/h6-8H,3-5,11H2,1-2H3,(H,12,13,14). The highest BCUT2D eigenvalue weighted by atomic mass is 15.2. The van der Waals surface area contributed by atoms with Gasteiger partial charge in [0.15, 0.2) is 5.82 Å². The average molecular weight is 194 g/mol. The van der Waals surface area contributed by atoms with Gasteiger partial charge in [-0.25, -0.2) is 4.98 Å². The van der Waals surface area contributed by atoms with Gasteiger partial charge in [-0.3, -0.25) is 5.10 Å². The molecule has 0 spiro atoms. The van der Waals surface area contributed by atoms with Crippen LogP contribution < -0.4 is 5.73 Å². The third-order valence-electron chi connectivity index (χ3n) is 2.87. The van der Waals surface area contributed by atoms with Crippen molar-refractivity contribution < 1.29 is 0 Å². The van der Waals surface area contributed by atoms with Crippen LogP contribution >= 0.6 is 0 Å². The van der Waals surface area contributed by atoms with Gasteiger partial charge in [0, 0.05) is 18.4 Å². The lowest BCUT2D eigenvalue weighted by Crippen LogP contribution is -2.19. The summed E-state index contributed by atoms with van der Waals surface area (Å²) in [6, 6.07) is 0. The topological polar surface area (TPSA) is 67.6 Å². The molecule has 2 rings (SSSR count). The van der Waals surface area contributed by atoms with Gasteiger partial charge in [0.25, 0.3) is 0 Å². The van der Waals surface area contributed by atoms with E-state index in [4.69, 9.17) is 5.73 Å². The molecule has 1 atom stereocenters. The molecular weight excluding hydrogens is 176 g/mol. The van der Waals surface area contributed by atoms with Gasteiger partial charge in [-0.15, -0.1) is 0 Å². The summed E-state index contributed by atoms with van der Waals surface area (Å²) in [7, 11) is 0. The van der Waals surface area contributed by atoms with Crippen molar-refractivity contribution in [3.63, 3.8) is 0 Å². The summed E-state index contributed by atoms with van der Waals surface area (Å²) in [6.45, 7) is 4.94. The van der Waals surface area contributed by atoms with E-state index in [0.717, 1.165) is 11.6 Å². The highest BCUT2D eigenvalue weighted by Crippen LogP contribution is 2.38. The summed E-state index contributed by atoms with van der Waals surface area (Å²) >= 11 is 0. The van der Waals surface area contributed by atoms with Crippen LogP contribution in [0.5, 0.6) is 0 Å². The molecule has 4 nitrogen and oxygen atoms in total. The third-order valence-corrected chi connectivity index (χ3v) is 2.87. The summed E-state index contributed by atoms with van der Waals surface area (Å²) in [6.07, 6.45) is 2.51. The third kappa shape index (κ3) is 1.80. The van der Waals surface area contributed by atoms with Gasteiger partial charge in [0.1, 0.15) is 5.82 Å². The lowest BCUT2D eigenvalue weighted by Gasteiger charge is -2.14. The number of nitrogens with zero attached hydrogens (tertiary/aromatic N) is 2. The maximum atomic E-state index is 5.71. The van der Waals surface area contributed by atoms with E-state index in [9.17, 15) is 0 Å². The molecule has 0 aromatic carbocycles. The molecule has 1 aromatic rings. The van der Waals surface area contributed by atoms with Crippen molar-refractivity contribution in [2.75, 3.05) is 6.54 Å². The zero-order chi connectivity index (χ0) is 10.1. The van der Waals surface area contributed by atoms with Crippen molar-refractivity contribution in [3.05, 3.63) is 11.6 Å². The first-order valence-electron chi connectivity index (χ1n) is 5.34. The van der Waals surface area contributed by atoms with E-state index >= 15 is 0 Å². The Bertz CT molecular complexity index is 301. The quantitative estimate of drug-likeness (QED) is 0.761. The summed E-state index contributed by atoms with van der Waals surface area (Å²) in [5.74, 6) is 3.38. The minimum atomic E-state index is 0.291. The molecule has 1 unspecified atom stereocenters. The minimum absolute atomic E-state index is 0.291. The van der Waals surface area contributed by atoms with E-state index in [1.54, 1.807) is 0 Å². The van der Waals surface area contributed by atoms with Gasteiger partial charge >= 0.3 is 0 Å². The zero-order valence-electron chi connectivity index (χ0n) is 8.83. The second kappa shape index (κ2) is 3.69. The van der Waals surface area contributed by atoms with Crippen molar-refractivity contribution >= 4 is 0 Å². The molecule has 0 amide bonds. The summed E-state index contributed by atoms with van der Waals surface area (Å²) in [5, 5.41) is 7.27. The molecule has 0 radical (unpaired) electrons. The van der Waals surface area contributed by atoms with Gasteiger partial charge in [0.05, 0.1) is 0 Å². The van der Waals surface area contributed by atoms with E-state index in [1.165, 1.54) is 12.8 Å². The smallest absolute Gasteiger partial charge is 0.155 e. The number of hydrogen-bond donors (Lipinski definition) is 2. The number of aromatic amines is 1. The Hall–Kier alpha value is -0.900. The van der Waals surface area contributed by atoms with Gasteiger partial charge < -0.3 is 5.73 Å². The predicted octanol–water partition coefficient (Wildman–Crippen LogP) is 1.38. The maximum Gasteiger partial charge on any atom is 0.155 e. The lowest BCUT2D eigenvalue weighted by molar-refractivity contribution is 0.484. The van der Waals surface area contributed by atoms with Gasteiger partial charge in [-0.1, -0.05) is 13.8 Å². The summed E-state index contributed by atoms with van der Waals surface area (Å²) in [4.78, 5) is 4.52. The molecule has 0 saturated heterocycles. The Morgan fingerprint density at radius 2 is 2.21 bits per heavy atom. The predicted molar refractivity (Wildman–Crippen MR) is 55.0 cm³/mol. The SMILES string of the molecule is CC(C)C(CN)c1n[nH]c(C2CC2)n1. The number of rotatable bonds is 4. The van der Waals surface area contributed by atoms with E-state index in [-0.39, 0.29) is 0 Å². The molecule has 0 bridgehead atoms. The molecule has 1 saturated carbocycles. The number of hydrogen-bond acceptors (Lipinski definition) is 3. The average Bonchev–Trinajstić information content (AvgIpc) is 2.88. The fourth-order valence-corrected chi connectivity index (χ4v) is 1.67. The van der Waals surface area contributed by atoms with Crippen molar-refractivity contribution in [3.8, 4) is 0 Å². The zero-order valence-corrected chi connectivity index (χ0v) is 8.83. The molecular formula is C10H18N4. The summed E-state index contributed by atoms with van der Waals surface area (Å²) in [5.41, 5.74) is 5.71. The Morgan fingerprint density at radius 3 is 2.71 bits per heavy atom. The highest BCUT2D eigenvalue weighted by Gasteiger charge is 2.28. The second-order valence-corrected chi connectivity index (χ2v) is 4.44. The number of nitrogens with two attached hydrogens (primary N) is 1. The molecule has 1 aliphatic rings. The van der Waals surface area contributed by atoms with Crippen LogP contribution in [-0.4, -0.2) is 21.7 Å². The van der Waals surface area contributed by atoms with Crippen LogP contribution in [0.1, 0.15) is 50.2 Å². The number of H-pyrrole nitrogens is 1.